The molecule has 0 radical (unpaired) electrons. The number of benzene rings is 2. The molecule has 2 aromatic carbocycles. The molecule has 0 aliphatic heterocycles. The van der Waals surface area contributed by atoms with Gasteiger partial charge in [0.05, 0.1) is 6.07 Å². The Morgan fingerprint density at radius 1 is 1.10 bits per heavy atom. The Labute approximate surface area is 229 Å². The van der Waals surface area contributed by atoms with Crippen LogP contribution in [-0.4, -0.2) is 34.7 Å². The highest BCUT2D eigenvalue weighted by atomic mass is 16.4. The molecule has 1 aromatic heterocycles. The van der Waals surface area contributed by atoms with E-state index in [0.717, 1.165) is 39.9 Å². The predicted molar refractivity (Wildman–Crippen MR) is 150 cm³/mol. The molecular weight excluding hydrogens is 490 g/mol. The van der Waals surface area contributed by atoms with Crippen molar-refractivity contribution in [1.82, 2.24) is 20.8 Å². The monoisotopic (exact) mass is 525 g/mol. The molecule has 0 saturated carbocycles. The fourth-order valence-corrected chi connectivity index (χ4v) is 5.43. The SMILES string of the molecule is C=C(CN[C@H](C)CC1(c2nnc(C)o2)c2ccc(C(=C)N)cc2CCc2cc(C(N)=O)ccc21)NC(C)C#N. The third kappa shape index (κ3) is 5.56. The Hall–Kier alpha value is -4.42. The van der Waals surface area contributed by atoms with Crippen molar-refractivity contribution in [2.45, 2.75) is 57.5 Å². The number of aromatic nitrogens is 2. The molecule has 3 aromatic rings. The highest BCUT2D eigenvalue weighted by molar-refractivity contribution is 5.93. The lowest BCUT2D eigenvalue weighted by Gasteiger charge is -2.36. The summed E-state index contributed by atoms with van der Waals surface area (Å²) >= 11 is 0. The van der Waals surface area contributed by atoms with Crippen LogP contribution in [0.4, 0.5) is 0 Å². The number of hydrogen-bond acceptors (Lipinski definition) is 8. The van der Waals surface area contributed by atoms with E-state index in [0.29, 0.717) is 42.4 Å². The first kappa shape index (κ1) is 27.6. The molecule has 6 N–H and O–H groups in total. The van der Waals surface area contributed by atoms with Crippen LogP contribution in [0.3, 0.4) is 0 Å². The van der Waals surface area contributed by atoms with Crippen molar-refractivity contribution < 1.29 is 9.21 Å². The third-order valence-electron chi connectivity index (χ3n) is 7.23. The first-order valence-electron chi connectivity index (χ1n) is 12.9. The molecule has 0 bridgehead atoms. The van der Waals surface area contributed by atoms with Crippen LogP contribution in [0.5, 0.6) is 0 Å². The van der Waals surface area contributed by atoms with Crippen molar-refractivity contribution in [3.05, 3.63) is 100 Å². The molecule has 9 heteroatoms. The van der Waals surface area contributed by atoms with Gasteiger partial charge in [0.15, 0.2) is 0 Å². The molecule has 1 aliphatic carbocycles. The number of hydrogen-bond donors (Lipinski definition) is 4. The Morgan fingerprint density at radius 3 is 2.26 bits per heavy atom. The zero-order valence-electron chi connectivity index (χ0n) is 22.7. The average molecular weight is 526 g/mol. The lowest BCUT2D eigenvalue weighted by molar-refractivity contribution is 0.1000. The molecule has 9 nitrogen and oxygen atoms in total. The highest BCUT2D eigenvalue weighted by Crippen LogP contribution is 2.48. The second-order valence-corrected chi connectivity index (χ2v) is 10.2. The van der Waals surface area contributed by atoms with Crippen molar-refractivity contribution >= 4 is 11.6 Å². The number of nitrogens with zero attached hydrogens (tertiary/aromatic N) is 3. The summed E-state index contributed by atoms with van der Waals surface area (Å²) in [5, 5.41) is 24.5. The van der Waals surface area contributed by atoms with E-state index in [4.69, 9.17) is 21.1 Å². The molecule has 2 unspecified atom stereocenters. The lowest BCUT2D eigenvalue weighted by Crippen LogP contribution is -2.41. The number of primary amides is 1. The van der Waals surface area contributed by atoms with Crippen LogP contribution in [0.2, 0.25) is 0 Å². The standard InChI is InChI=1S/C30H35N7O2/c1-17(34-16-19(3)35-18(2)15-31)14-30(29-37-36-21(5)39-29)26-10-8-22(20(4)32)12-23(26)6-7-24-13-25(28(33)38)9-11-27(24)30/h8-13,17-18,34-35H,3-4,6-7,14,16,32H2,1-2,5H3,(H2,33,38)/t17-,18?,30?/m1/s1. The van der Waals surface area contributed by atoms with Gasteiger partial charge >= 0.3 is 0 Å². The van der Waals surface area contributed by atoms with Crippen molar-refractivity contribution in [3.8, 4) is 6.07 Å². The summed E-state index contributed by atoms with van der Waals surface area (Å²) in [5.74, 6) is 0.452. The van der Waals surface area contributed by atoms with Gasteiger partial charge in [0.2, 0.25) is 17.7 Å². The number of aryl methyl sites for hydroxylation is 3. The van der Waals surface area contributed by atoms with Crippen molar-refractivity contribution in [1.29, 1.82) is 5.26 Å². The van der Waals surface area contributed by atoms with Gasteiger partial charge in [-0.2, -0.15) is 5.26 Å². The Balaban J connectivity index is 1.88. The van der Waals surface area contributed by atoms with Crippen LogP contribution in [0, 0.1) is 18.3 Å². The maximum absolute atomic E-state index is 12.1. The quantitative estimate of drug-likeness (QED) is 0.314. The number of amides is 1. The van der Waals surface area contributed by atoms with Crippen LogP contribution in [0.25, 0.3) is 5.70 Å². The number of nitriles is 1. The zero-order chi connectivity index (χ0) is 28.3. The number of carbonyl (C=O) groups is 1. The molecule has 1 aliphatic rings. The number of carbonyl (C=O) groups excluding carboxylic acids is 1. The number of fused-ring (bicyclic) bond motifs is 2. The average Bonchev–Trinajstić information content (AvgIpc) is 3.30. The second kappa shape index (κ2) is 11.1. The minimum atomic E-state index is -0.825. The second-order valence-electron chi connectivity index (χ2n) is 10.2. The van der Waals surface area contributed by atoms with E-state index < -0.39 is 11.3 Å². The summed E-state index contributed by atoms with van der Waals surface area (Å²) in [6.07, 6.45) is 1.97. The largest absolute Gasteiger partial charge is 0.424 e. The van der Waals surface area contributed by atoms with Crippen molar-refractivity contribution in [2.75, 3.05) is 6.54 Å². The summed E-state index contributed by atoms with van der Waals surface area (Å²) in [6.45, 7) is 14.1. The van der Waals surface area contributed by atoms with E-state index in [2.05, 4.69) is 59.1 Å². The summed E-state index contributed by atoms with van der Waals surface area (Å²) in [7, 11) is 0. The number of nitrogens with one attached hydrogen (secondary N) is 2. The summed E-state index contributed by atoms with van der Waals surface area (Å²) in [6, 6.07) is 13.5. The predicted octanol–water partition coefficient (Wildman–Crippen LogP) is 3.22. The minimum absolute atomic E-state index is 0.0492. The van der Waals surface area contributed by atoms with Crippen LogP contribution in [0.15, 0.2) is 59.7 Å². The van der Waals surface area contributed by atoms with Crippen LogP contribution < -0.4 is 22.1 Å². The van der Waals surface area contributed by atoms with Gasteiger partial charge in [-0.15, -0.1) is 10.2 Å². The fraction of sp³-hybridized carbons (Fsp3) is 0.333. The molecule has 0 fully saturated rings. The smallest absolute Gasteiger partial charge is 0.248 e. The first-order chi connectivity index (χ1) is 18.5. The molecular formula is C30H35N7O2. The maximum Gasteiger partial charge on any atom is 0.248 e. The summed E-state index contributed by atoms with van der Waals surface area (Å²) < 4.78 is 6.19. The van der Waals surface area contributed by atoms with E-state index in [1.165, 1.54) is 0 Å². The third-order valence-corrected chi connectivity index (χ3v) is 7.23. The van der Waals surface area contributed by atoms with Gasteiger partial charge < -0.3 is 26.5 Å². The van der Waals surface area contributed by atoms with Crippen LogP contribution in [-0.2, 0) is 18.3 Å². The summed E-state index contributed by atoms with van der Waals surface area (Å²) in [4.78, 5) is 12.1. The number of rotatable bonds is 10. The van der Waals surface area contributed by atoms with Gasteiger partial charge in [-0.05, 0) is 79.1 Å². The van der Waals surface area contributed by atoms with Crippen LogP contribution >= 0.6 is 0 Å². The van der Waals surface area contributed by atoms with Gasteiger partial charge in [-0.3, -0.25) is 4.79 Å². The van der Waals surface area contributed by atoms with E-state index in [-0.39, 0.29) is 12.1 Å². The van der Waals surface area contributed by atoms with E-state index >= 15 is 0 Å². The number of nitrogens with two attached hydrogens (primary N) is 2. The van der Waals surface area contributed by atoms with E-state index in [1.807, 2.05) is 18.2 Å². The topological polar surface area (TPSA) is 156 Å². The van der Waals surface area contributed by atoms with Crippen molar-refractivity contribution in [2.24, 2.45) is 11.5 Å². The minimum Gasteiger partial charge on any atom is -0.424 e. The fourth-order valence-electron chi connectivity index (χ4n) is 5.43. The van der Waals surface area contributed by atoms with Gasteiger partial charge in [0, 0.05) is 36.5 Å². The molecule has 4 rings (SSSR count). The van der Waals surface area contributed by atoms with Crippen LogP contribution in [0.1, 0.15) is 70.2 Å². The molecule has 0 spiro atoms. The Bertz CT molecular complexity index is 1400. The van der Waals surface area contributed by atoms with Gasteiger partial charge in [-0.1, -0.05) is 31.4 Å². The normalized spacial score (nSPS) is 17.6. The molecule has 1 heterocycles. The molecule has 39 heavy (non-hydrogen) atoms. The van der Waals surface area contributed by atoms with Crippen molar-refractivity contribution in [3.63, 3.8) is 0 Å². The van der Waals surface area contributed by atoms with Gasteiger partial charge in [0.1, 0.15) is 11.5 Å². The van der Waals surface area contributed by atoms with E-state index in [9.17, 15) is 4.79 Å². The van der Waals surface area contributed by atoms with Gasteiger partial charge in [0.25, 0.3) is 0 Å². The van der Waals surface area contributed by atoms with E-state index in [1.54, 1.807) is 19.9 Å². The maximum atomic E-state index is 12.1. The molecule has 202 valence electrons. The lowest BCUT2D eigenvalue weighted by atomic mass is 9.68. The zero-order valence-corrected chi connectivity index (χ0v) is 22.7. The Morgan fingerprint density at radius 2 is 1.72 bits per heavy atom. The van der Waals surface area contributed by atoms with Gasteiger partial charge in [-0.25, -0.2) is 0 Å². The summed E-state index contributed by atoms with van der Waals surface area (Å²) in [5.41, 5.74) is 17.5. The highest BCUT2D eigenvalue weighted by Gasteiger charge is 2.46. The Kier molecular flexibility index (Phi) is 7.88. The molecule has 0 saturated heterocycles. The first-order valence-corrected chi connectivity index (χ1v) is 12.9. The molecule has 3 atom stereocenters. The molecule has 1 amide bonds.